The number of alkyl halides is 3. The van der Waals surface area contributed by atoms with Crippen molar-refractivity contribution in [3.05, 3.63) is 27.8 Å². The highest BCUT2D eigenvalue weighted by atomic mass is 127. The second-order valence-electron chi connectivity index (χ2n) is 5.46. The largest absolute Gasteiger partial charge is 0.339 e. The van der Waals surface area contributed by atoms with Crippen molar-refractivity contribution in [3.8, 4) is 0 Å². The van der Waals surface area contributed by atoms with Gasteiger partial charge >= 0.3 is 0 Å². The van der Waals surface area contributed by atoms with E-state index in [1.165, 1.54) is 0 Å². The van der Waals surface area contributed by atoms with Gasteiger partial charge in [-0.2, -0.15) is 0 Å². The molecule has 0 fully saturated rings. The number of halogens is 4. The predicted octanol–water partition coefficient (Wildman–Crippen LogP) is 5.36. The third-order valence-electron chi connectivity index (χ3n) is 3.27. The topological polar surface area (TPSA) is 53.2 Å². The van der Waals surface area contributed by atoms with Crippen LogP contribution in [-0.2, 0) is 4.79 Å². The maximum absolute atomic E-state index is 12.0. The molecule has 0 radical (unpaired) electrons. The number of hydrogen-bond donors (Lipinski definition) is 3. The highest BCUT2D eigenvalue weighted by Crippen LogP contribution is 2.29. The van der Waals surface area contributed by atoms with Crippen molar-refractivity contribution in [1.29, 1.82) is 0 Å². The normalized spacial score (nSPS) is 12.4. The molecule has 0 aliphatic heterocycles. The fraction of sp³-hybridized carbons (Fsp3) is 0.500. The number of hydrogen-bond acceptors (Lipinski definition) is 2. The minimum Gasteiger partial charge on any atom is -0.339 e. The maximum Gasteiger partial charge on any atom is 0.228 e. The minimum absolute atomic E-state index is 0.183. The average molecular weight is 537 g/mol. The summed E-state index contributed by atoms with van der Waals surface area (Å²) in [5, 5.41) is 8.78. The van der Waals surface area contributed by atoms with Crippen molar-refractivity contribution in [1.82, 2.24) is 10.6 Å². The van der Waals surface area contributed by atoms with Crippen LogP contribution in [0, 0.1) is 3.57 Å². The molecule has 4 nitrogen and oxygen atoms in total. The van der Waals surface area contributed by atoms with Gasteiger partial charge in [0.1, 0.15) is 6.17 Å². The summed E-state index contributed by atoms with van der Waals surface area (Å²) in [6, 6.07) is 7.64. The molecule has 3 N–H and O–H groups in total. The molecule has 0 aromatic heterocycles. The Hall–Kier alpha value is -0.0200. The summed E-state index contributed by atoms with van der Waals surface area (Å²) in [5.74, 6) is -0.183. The van der Waals surface area contributed by atoms with E-state index in [1.54, 1.807) is 0 Å². The van der Waals surface area contributed by atoms with Crippen molar-refractivity contribution >= 4 is 86.3 Å². The lowest BCUT2D eigenvalue weighted by Crippen LogP contribution is -2.56. The van der Waals surface area contributed by atoms with E-state index in [-0.39, 0.29) is 11.0 Å². The molecule has 1 amide bonds. The van der Waals surface area contributed by atoms with E-state index in [0.29, 0.717) is 6.42 Å². The Kier molecular flexibility index (Phi) is 10.7. The van der Waals surface area contributed by atoms with Gasteiger partial charge in [-0.1, -0.05) is 61.0 Å². The van der Waals surface area contributed by atoms with Gasteiger partial charge in [-0.25, -0.2) is 0 Å². The number of benzene rings is 1. The lowest BCUT2D eigenvalue weighted by Gasteiger charge is -2.27. The van der Waals surface area contributed by atoms with Crippen LogP contribution in [0.4, 0.5) is 5.69 Å². The summed E-state index contributed by atoms with van der Waals surface area (Å²) in [6.45, 7) is 2.12. The number of thiocarbonyl (C=S) groups is 1. The molecule has 0 unspecified atom stereocenters. The summed E-state index contributed by atoms with van der Waals surface area (Å²) in [6.07, 6.45) is 3.47. The monoisotopic (exact) mass is 535 g/mol. The van der Waals surface area contributed by atoms with E-state index in [1.807, 2.05) is 24.3 Å². The number of carbonyl (C=O) groups excluding carboxylic acids is 1. The van der Waals surface area contributed by atoms with E-state index < -0.39 is 9.96 Å². The van der Waals surface area contributed by atoms with Gasteiger partial charge in [0.05, 0.1) is 0 Å². The zero-order valence-electron chi connectivity index (χ0n) is 13.8. The standard InChI is InChI=1S/C16H21Cl3IN3OS/c1-2-3-4-5-6-13(24)22-14(16(17,18)19)23-15(25)21-12-9-7-11(20)8-10-12/h7-10,14H,2-6H2,1H3,(H,22,24)(H2,21,23,25)/t14-/m1/s1. The molecule has 0 bridgehead atoms. The van der Waals surface area contributed by atoms with E-state index in [4.69, 9.17) is 47.0 Å². The summed E-state index contributed by atoms with van der Waals surface area (Å²) in [7, 11) is 0. The molecule has 1 atom stereocenters. The molecular formula is C16H21Cl3IN3OS. The Labute approximate surface area is 182 Å². The number of nitrogens with one attached hydrogen (secondary N) is 3. The summed E-state index contributed by atoms with van der Waals surface area (Å²) in [4.78, 5) is 12.0. The molecule has 140 valence electrons. The SMILES string of the molecule is CCCCCCC(=O)N[C@H](NC(=S)Nc1ccc(I)cc1)C(Cl)(Cl)Cl. The first kappa shape index (κ1) is 23.0. The summed E-state index contributed by atoms with van der Waals surface area (Å²) >= 11 is 25.3. The molecule has 25 heavy (non-hydrogen) atoms. The van der Waals surface area contributed by atoms with Crippen molar-refractivity contribution < 1.29 is 4.79 Å². The van der Waals surface area contributed by atoms with Gasteiger partial charge in [0.2, 0.25) is 9.70 Å². The van der Waals surface area contributed by atoms with Crippen molar-refractivity contribution in [2.24, 2.45) is 0 Å². The Balaban J connectivity index is 2.56. The third kappa shape index (κ3) is 10.0. The fourth-order valence-electron chi connectivity index (χ4n) is 1.98. The van der Waals surface area contributed by atoms with Gasteiger partial charge in [0.15, 0.2) is 5.11 Å². The zero-order valence-corrected chi connectivity index (χ0v) is 19.0. The Bertz CT molecular complexity index is 567. The second kappa shape index (κ2) is 11.6. The molecule has 0 aliphatic rings. The van der Waals surface area contributed by atoms with Crippen molar-refractivity contribution in [2.45, 2.75) is 49.0 Å². The van der Waals surface area contributed by atoms with E-state index in [0.717, 1.165) is 34.9 Å². The Morgan fingerprint density at radius 1 is 1.16 bits per heavy atom. The Morgan fingerprint density at radius 2 is 1.80 bits per heavy atom. The smallest absolute Gasteiger partial charge is 0.228 e. The van der Waals surface area contributed by atoms with Gasteiger partial charge in [-0.3, -0.25) is 4.79 Å². The molecule has 0 saturated carbocycles. The van der Waals surface area contributed by atoms with Crippen LogP contribution in [0.15, 0.2) is 24.3 Å². The van der Waals surface area contributed by atoms with Gasteiger partial charge in [0, 0.05) is 15.7 Å². The molecular weight excluding hydrogens is 516 g/mol. The highest BCUT2D eigenvalue weighted by Gasteiger charge is 2.34. The molecule has 0 spiro atoms. The number of rotatable bonds is 8. The molecule has 0 aliphatic carbocycles. The number of unbranched alkanes of at least 4 members (excludes halogenated alkanes) is 3. The molecule has 1 rings (SSSR count). The van der Waals surface area contributed by atoms with E-state index >= 15 is 0 Å². The maximum atomic E-state index is 12.0. The van der Waals surface area contributed by atoms with Crippen LogP contribution in [0.1, 0.15) is 39.0 Å². The van der Waals surface area contributed by atoms with Crippen LogP contribution in [0.3, 0.4) is 0 Å². The molecule has 1 aromatic carbocycles. The lowest BCUT2D eigenvalue weighted by atomic mass is 10.1. The minimum atomic E-state index is -1.74. The molecule has 0 heterocycles. The molecule has 9 heteroatoms. The second-order valence-corrected chi connectivity index (χ2v) is 9.48. The third-order valence-corrected chi connectivity index (χ3v) is 4.86. The molecule has 0 saturated heterocycles. The quantitative estimate of drug-likeness (QED) is 0.138. The zero-order chi connectivity index (χ0) is 18.9. The van der Waals surface area contributed by atoms with Gasteiger partial charge < -0.3 is 16.0 Å². The van der Waals surface area contributed by atoms with E-state index in [2.05, 4.69) is 45.5 Å². The van der Waals surface area contributed by atoms with Gasteiger partial charge in [0.25, 0.3) is 0 Å². The van der Waals surface area contributed by atoms with Crippen LogP contribution in [0.2, 0.25) is 0 Å². The van der Waals surface area contributed by atoms with Gasteiger partial charge in [-0.05, 0) is 65.5 Å². The Morgan fingerprint density at radius 3 is 2.36 bits per heavy atom. The van der Waals surface area contributed by atoms with Crippen LogP contribution in [0.25, 0.3) is 0 Å². The van der Waals surface area contributed by atoms with Crippen LogP contribution in [-0.4, -0.2) is 21.0 Å². The van der Waals surface area contributed by atoms with Crippen LogP contribution in [0.5, 0.6) is 0 Å². The van der Waals surface area contributed by atoms with Crippen molar-refractivity contribution in [2.75, 3.05) is 5.32 Å². The first-order valence-corrected chi connectivity index (χ1v) is 10.5. The molecule has 1 aromatic rings. The lowest BCUT2D eigenvalue weighted by molar-refractivity contribution is -0.122. The van der Waals surface area contributed by atoms with E-state index in [9.17, 15) is 4.79 Å². The predicted molar refractivity (Wildman–Crippen MR) is 119 cm³/mol. The first-order chi connectivity index (χ1) is 11.7. The fourth-order valence-corrected chi connectivity index (χ4v) is 2.90. The number of anilines is 1. The number of amides is 1. The van der Waals surface area contributed by atoms with Gasteiger partial charge in [-0.15, -0.1) is 0 Å². The average Bonchev–Trinajstić information content (AvgIpc) is 2.52. The summed E-state index contributed by atoms with van der Waals surface area (Å²) in [5.41, 5.74) is 0.798. The summed E-state index contributed by atoms with van der Waals surface area (Å²) < 4.78 is -0.631. The highest BCUT2D eigenvalue weighted by molar-refractivity contribution is 14.1. The number of carbonyl (C=O) groups is 1. The van der Waals surface area contributed by atoms with Crippen LogP contribution >= 0.6 is 69.6 Å². The first-order valence-electron chi connectivity index (χ1n) is 7.91. The van der Waals surface area contributed by atoms with Crippen LogP contribution < -0.4 is 16.0 Å². The van der Waals surface area contributed by atoms with Crippen molar-refractivity contribution in [3.63, 3.8) is 0 Å².